The van der Waals surface area contributed by atoms with Crippen molar-refractivity contribution in [3.8, 4) is 0 Å². The van der Waals surface area contributed by atoms with Gasteiger partial charge in [-0.15, -0.1) is 0 Å². The molecule has 1 amide bonds. The molecule has 152 valence electrons. The lowest BCUT2D eigenvalue weighted by molar-refractivity contribution is 0.0933. The van der Waals surface area contributed by atoms with Gasteiger partial charge in [-0.3, -0.25) is 14.4 Å². The molecular weight excluding hydrogens is 364 g/mol. The van der Waals surface area contributed by atoms with Crippen LogP contribution in [0.2, 0.25) is 0 Å². The molecule has 1 unspecified atom stereocenters. The van der Waals surface area contributed by atoms with Gasteiger partial charge in [-0.2, -0.15) is 5.10 Å². The maximum absolute atomic E-state index is 12.7. The van der Waals surface area contributed by atoms with Crippen molar-refractivity contribution in [2.24, 2.45) is 0 Å². The second-order valence-corrected chi connectivity index (χ2v) is 7.77. The summed E-state index contributed by atoms with van der Waals surface area (Å²) in [5.74, 6) is 0.853. The molecule has 1 N–H and O–H groups in total. The predicted octanol–water partition coefficient (Wildman–Crippen LogP) is 3.71. The van der Waals surface area contributed by atoms with E-state index in [1.165, 1.54) is 12.8 Å². The van der Waals surface area contributed by atoms with Gasteiger partial charge in [0, 0.05) is 17.8 Å². The summed E-state index contributed by atoms with van der Waals surface area (Å²) < 4.78 is 7.61. The molecule has 0 aliphatic carbocycles. The molecule has 0 bridgehead atoms. The van der Waals surface area contributed by atoms with E-state index in [0.717, 1.165) is 35.8 Å². The molecule has 29 heavy (non-hydrogen) atoms. The topological polar surface area (TPSA) is 63.3 Å². The fourth-order valence-corrected chi connectivity index (χ4v) is 4.00. The maximum Gasteiger partial charge on any atom is 0.251 e. The molecule has 0 saturated carbocycles. The van der Waals surface area contributed by atoms with Crippen molar-refractivity contribution in [1.82, 2.24) is 20.0 Å². The molecule has 0 radical (unpaired) electrons. The third-order valence-corrected chi connectivity index (χ3v) is 5.56. The van der Waals surface area contributed by atoms with Gasteiger partial charge in [0.25, 0.3) is 5.91 Å². The van der Waals surface area contributed by atoms with E-state index in [1.807, 2.05) is 48.0 Å². The van der Waals surface area contributed by atoms with Crippen molar-refractivity contribution in [3.63, 3.8) is 0 Å². The summed E-state index contributed by atoms with van der Waals surface area (Å²) in [6.45, 7) is 7.38. The summed E-state index contributed by atoms with van der Waals surface area (Å²) in [6.07, 6.45) is 4.09. The summed E-state index contributed by atoms with van der Waals surface area (Å²) in [7, 11) is 0. The van der Waals surface area contributed by atoms with Gasteiger partial charge in [0.05, 0.1) is 24.5 Å². The van der Waals surface area contributed by atoms with E-state index in [1.54, 1.807) is 6.26 Å². The monoisotopic (exact) mass is 392 g/mol. The number of hydrogen-bond donors (Lipinski definition) is 1. The Hall–Kier alpha value is -2.86. The molecule has 1 saturated heterocycles. The minimum Gasteiger partial charge on any atom is -0.468 e. The number of nitrogens with zero attached hydrogens (tertiary/aromatic N) is 3. The van der Waals surface area contributed by atoms with Gasteiger partial charge < -0.3 is 9.73 Å². The molecule has 1 aliphatic heterocycles. The highest BCUT2D eigenvalue weighted by Crippen LogP contribution is 2.25. The molecule has 6 nitrogen and oxygen atoms in total. The van der Waals surface area contributed by atoms with Crippen LogP contribution in [-0.4, -0.2) is 40.2 Å². The van der Waals surface area contributed by atoms with E-state index in [9.17, 15) is 4.79 Å². The average Bonchev–Trinajstić information content (AvgIpc) is 3.47. The largest absolute Gasteiger partial charge is 0.468 e. The Labute approximate surface area is 171 Å². The first-order valence-electron chi connectivity index (χ1n) is 10.3. The number of carbonyl (C=O) groups excluding carboxylic acids is 1. The van der Waals surface area contributed by atoms with Crippen molar-refractivity contribution in [2.45, 2.75) is 39.3 Å². The molecule has 4 rings (SSSR count). The van der Waals surface area contributed by atoms with Crippen molar-refractivity contribution in [2.75, 3.05) is 19.6 Å². The van der Waals surface area contributed by atoms with Crippen LogP contribution in [-0.2, 0) is 6.54 Å². The highest BCUT2D eigenvalue weighted by atomic mass is 16.3. The van der Waals surface area contributed by atoms with E-state index in [0.29, 0.717) is 18.7 Å². The van der Waals surface area contributed by atoms with E-state index in [2.05, 4.69) is 28.3 Å². The summed E-state index contributed by atoms with van der Waals surface area (Å²) >= 11 is 0. The molecule has 1 fully saturated rings. The zero-order valence-corrected chi connectivity index (χ0v) is 17.1. The Morgan fingerprint density at radius 2 is 1.93 bits per heavy atom. The lowest BCUT2D eigenvalue weighted by atomic mass is 10.1. The van der Waals surface area contributed by atoms with Gasteiger partial charge in [0.2, 0.25) is 0 Å². The molecule has 3 heterocycles. The van der Waals surface area contributed by atoms with Gasteiger partial charge in [0.1, 0.15) is 5.76 Å². The number of amides is 1. The molecule has 1 aromatic carbocycles. The van der Waals surface area contributed by atoms with Crippen LogP contribution in [0.5, 0.6) is 0 Å². The summed E-state index contributed by atoms with van der Waals surface area (Å²) in [6, 6.07) is 13.8. The third kappa shape index (κ3) is 4.59. The van der Waals surface area contributed by atoms with Crippen LogP contribution in [0.3, 0.4) is 0 Å². The molecule has 1 atom stereocenters. The molecule has 6 heteroatoms. The van der Waals surface area contributed by atoms with Crippen molar-refractivity contribution < 1.29 is 9.21 Å². The van der Waals surface area contributed by atoms with Crippen molar-refractivity contribution in [1.29, 1.82) is 0 Å². The fraction of sp³-hybridized carbons (Fsp3) is 0.391. The third-order valence-electron chi connectivity index (χ3n) is 5.56. The normalized spacial score (nSPS) is 15.5. The Kier molecular flexibility index (Phi) is 5.81. The minimum absolute atomic E-state index is 0.0570. The quantitative estimate of drug-likeness (QED) is 0.666. The van der Waals surface area contributed by atoms with Crippen LogP contribution in [0.15, 0.2) is 53.1 Å². The maximum atomic E-state index is 12.7. The van der Waals surface area contributed by atoms with Crippen LogP contribution in [0.1, 0.15) is 52.0 Å². The van der Waals surface area contributed by atoms with Crippen molar-refractivity contribution >= 4 is 5.91 Å². The smallest absolute Gasteiger partial charge is 0.251 e. The Morgan fingerprint density at radius 1 is 1.17 bits per heavy atom. The van der Waals surface area contributed by atoms with E-state index in [-0.39, 0.29) is 11.9 Å². The molecule has 1 aliphatic rings. The zero-order chi connectivity index (χ0) is 20.2. The number of aromatic nitrogens is 2. The van der Waals surface area contributed by atoms with Crippen molar-refractivity contribution in [3.05, 3.63) is 77.0 Å². The lowest BCUT2D eigenvalue weighted by Crippen LogP contribution is -2.36. The first-order chi connectivity index (χ1) is 14.1. The number of aryl methyl sites for hydroxylation is 2. The van der Waals surface area contributed by atoms with Crippen LogP contribution >= 0.6 is 0 Å². The van der Waals surface area contributed by atoms with Crippen LogP contribution in [0, 0.1) is 13.8 Å². The second kappa shape index (κ2) is 8.66. The number of furan rings is 1. The number of hydrogen-bond acceptors (Lipinski definition) is 4. The molecular formula is C23H28N4O2. The molecule has 2 aromatic heterocycles. The number of carbonyl (C=O) groups is 1. The van der Waals surface area contributed by atoms with Crippen LogP contribution < -0.4 is 5.32 Å². The lowest BCUT2D eigenvalue weighted by Gasteiger charge is -2.26. The average molecular weight is 393 g/mol. The fourth-order valence-electron chi connectivity index (χ4n) is 4.00. The Bertz CT molecular complexity index is 938. The van der Waals surface area contributed by atoms with Crippen LogP contribution in [0.4, 0.5) is 0 Å². The zero-order valence-electron chi connectivity index (χ0n) is 17.1. The van der Waals surface area contributed by atoms with Gasteiger partial charge in [-0.25, -0.2) is 0 Å². The minimum atomic E-state index is -0.0570. The predicted molar refractivity (Wildman–Crippen MR) is 112 cm³/mol. The van der Waals surface area contributed by atoms with E-state index in [4.69, 9.17) is 4.42 Å². The first-order valence-corrected chi connectivity index (χ1v) is 10.3. The highest BCUT2D eigenvalue weighted by molar-refractivity contribution is 5.94. The van der Waals surface area contributed by atoms with Gasteiger partial charge in [-0.05, 0) is 75.7 Å². The van der Waals surface area contributed by atoms with Gasteiger partial charge in [0.15, 0.2) is 0 Å². The summed E-state index contributed by atoms with van der Waals surface area (Å²) in [4.78, 5) is 15.1. The highest BCUT2D eigenvalue weighted by Gasteiger charge is 2.26. The Morgan fingerprint density at radius 3 is 2.55 bits per heavy atom. The number of benzene rings is 1. The second-order valence-electron chi connectivity index (χ2n) is 7.77. The Balaban J connectivity index is 1.38. The number of likely N-dealkylation sites (tertiary alicyclic amines) is 1. The van der Waals surface area contributed by atoms with E-state index >= 15 is 0 Å². The number of rotatable bonds is 7. The van der Waals surface area contributed by atoms with E-state index < -0.39 is 0 Å². The standard InChI is InChI=1S/C23H28N4O2/c1-17-14-18(2)27(25-17)16-19-7-9-20(10-8-19)23(28)24-15-21(22-6-5-13-29-22)26-11-3-4-12-26/h5-10,13-14,21H,3-4,11-12,15-16H2,1-2H3,(H,24,28). The summed E-state index contributed by atoms with van der Waals surface area (Å²) in [5, 5.41) is 7.59. The SMILES string of the molecule is Cc1cc(C)n(Cc2ccc(C(=O)NCC(c3ccco3)N3CCCC3)cc2)n1. The van der Waals surface area contributed by atoms with Crippen LogP contribution in [0.25, 0.3) is 0 Å². The molecule has 3 aromatic rings. The van der Waals surface area contributed by atoms with Gasteiger partial charge >= 0.3 is 0 Å². The number of nitrogens with one attached hydrogen (secondary N) is 1. The molecule has 0 spiro atoms. The van der Waals surface area contributed by atoms with Gasteiger partial charge in [-0.1, -0.05) is 12.1 Å². The first kappa shape index (κ1) is 19.5. The summed E-state index contributed by atoms with van der Waals surface area (Å²) in [5.41, 5.74) is 3.94.